The lowest BCUT2D eigenvalue weighted by molar-refractivity contribution is -0.340. The van der Waals surface area contributed by atoms with Gasteiger partial charge in [-0.25, -0.2) is 0 Å². The summed E-state index contributed by atoms with van der Waals surface area (Å²) >= 11 is 0. The largest absolute Gasteiger partial charge is 0.456 e. The number of ether oxygens (including phenoxy) is 3. The fraction of sp³-hybridized carbons (Fsp3) is 0.783. The second-order valence-corrected chi connectivity index (χ2v) is 9.69. The van der Waals surface area contributed by atoms with Gasteiger partial charge in [0.1, 0.15) is 54.9 Å². The first-order valence-electron chi connectivity index (χ1n) is 11.6. The van der Waals surface area contributed by atoms with Gasteiger partial charge >= 0.3 is 5.97 Å². The highest BCUT2D eigenvalue weighted by atomic mass is 16.7. The average Bonchev–Trinajstić information content (AvgIpc) is 2.85. The third-order valence-electron chi connectivity index (χ3n) is 6.62. The van der Waals surface area contributed by atoms with Crippen molar-refractivity contribution in [3.05, 3.63) is 23.8 Å². The zero-order valence-electron chi connectivity index (χ0n) is 20.5. The predicted octanol–water partition coefficient (Wildman–Crippen LogP) is -3.55. The van der Waals surface area contributed by atoms with Crippen LogP contribution in [-0.4, -0.2) is 132 Å². The molecule has 0 bridgehead atoms. The summed E-state index contributed by atoms with van der Waals surface area (Å²) in [6.45, 7) is 5.40. The van der Waals surface area contributed by atoms with Crippen molar-refractivity contribution in [3.63, 3.8) is 0 Å². The summed E-state index contributed by atoms with van der Waals surface area (Å²) in [5, 5.41) is 91.3. The Morgan fingerprint density at radius 3 is 1.92 bits per heavy atom. The summed E-state index contributed by atoms with van der Waals surface area (Å²) in [6, 6.07) is 0. The Bertz CT molecular complexity index is 781. The molecule has 12 atom stereocenters. The van der Waals surface area contributed by atoms with Crippen molar-refractivity contribution in [2.24, 2.45) is 5.41 Å². The molecule has 9 N–H and O–H groups in total. The van der Waals surface area contributed by atoms with Crippen molar-refractivity contribution in [2.75, 3.05) is 6.61 Å². The van der Waals surface area contributed by atoms with Gasteiger partial charge in [-0.1, -0.05) is 18.2 Å². The first kappa shape index (κ1) is 30.7. The van der Waals surface area contributed by atoms with Crippen LogP contribution in [0.3, 0.4) is 0 Å². The number of allylic oxidation sites excluding steroid dienone is 3. The first-order valence-corrected chi connectivity index (χ1v) is 11.6. The van der Waals surface area contributed by atoms with Crippen LogP contribution >= 0.6 is 0 Å². The number of aliphatic hydroxyl groups excluding tert-OH is 9. The number of carbonyl (C=O) groups excluding carboxylic acids is 1. The van der Waals surface area contributed by atoms with Crippen LogP contribution in [0.15, 0.2) is 23.8 Å². The van der Waals surface area contributed by atoms with E-state index in [-0.39, 0.29) is 0 Å². The average molecular weight is 523 g/mol. The van der Waals surface area contributed by atoms with Gasteiger partial charge < -0.3 is 60.2 Å². The molecule has 0 radical (unpaired) electrons. The van der Waals surface area contributed by atoms with E-state index < -0.39 is 91.4 Å². The van der Waals surface area contributed by atoms with Gasteiger partial charge in [0, 0.05) is 0 Å². The fourth-order valence-corrected chi connectivity index (χ4v) is 4.12. The van der Waals surface area contributed by atoms with Crippen molar-refractivity contribution in [3.8, 4) is 0 Å². The second kappa shape index (κ2) is 12.4. The Hall–Kier alpha value is -1.49. The van der Waals surface area contributed by atoms with E-state index in [2.05, 4.69) is 0 Å². The Labute approximate surface area is 208 Å². The normalized spacial score (nSPS) is 41.4. The van der Waals surface area contributed by atoms with E-state index in [1.165, 1.54) is 13.8 Å². The molecule has 2 aliphatic rings. The van der Waals surface area contributed by atoms with Gasteiger partial charge in [0.2, 0.25) is 0 Å². The summed E-state index contributed by atoms with van der Waals surface area (Å²) < 4.78 is 16.1. The first-order chi connectivity index (χ1) is 16.7. The van der Waals surface area contributed by atoms with Crippen molar-refractivity contribution < 1.29 is 65.0 Å². The van der Waals surface area contributed by atoms with E-state index in [1.807, 2.05) is 0 Å². The molecule has 36 heavy (non-hydrogen) atoms. The lowest BCUT2D eigenvalue weighted by Gasteiger charge is -2.46. The van der Waals surface area contributed by atoms with Gasteiger partial charge in [-0.05, 0) is 33.3 Å². The molecule has 2 fully saturated rings. The molecule has 2 rings (SSSR count). The van der Waals surface area contributed by atoms with Gasteiger partial charge in [0.05, 0.1) is 18.1 Å². The standard InChI is InChI=1S/C23H38O13/c1-5-6-7-9(2)20(32)23(3,4)22(33)36-18-10(8-24)34-21(17(31)16(18)30)35-19-14(28)12(26)11(25)13(27)15(19)29/h5-7,10-21,24-32H,8H2,1-4H3/b6-5+,9-7+/t10-,11?,12-,13+,14-,15+,16-,17+,18+,19?,20-,21+/m0/s1. The zero-order valence-corrected chi connectivity index (χ0v) is 20.5. The highest BCUT2D eigenvalue weighted by molar-refractivity contribution is 5.77. The number of esters is 1. The third-order valence-corrected chi connectivity index (χ3v) is 6.62. The van der Waals surface area contributed by atoms with Gasteiger partial charge in [0.25, 0.3) is 0 Å². The minimum absolute atomic E-state index is 0.460. The molecule has 1 saturated carbocycles. The minimum Gasteiger partial charge on any atom is -0.456 e. The van der Waals surface area contributed by atoms with Crippen molar-refractivity contribution in [1.29, 1.82) is 0 Å². The number of hydrogen-bond acceptors (Lipinski definition) is 13. The maximum absolute atomic E-state index is 12.9. The maximum atomic E-state index is 12.9. The summed E-state index contributed by atoms with van der Waals surface area (Å²) in [5.41, 5.74) is -1.04. The summed E-state index contributed by atoms with van der Waals surface area (Å²) in [6.07, 6.45) is -16.1. The third kappa shape index (κ3) is 6.14. The minimum atomic E-state index is -1.93. The number of hydrogen-bond donors (Lipinski definition) is 9. The molecule has 0 amide bonds. The van der Waals surface area contributed by atoms with Crippen LogP contribution in [0.5, 0.6) is 0 Å². The van der Waals surface area contributed by atoms with Crippen molar-refractivity contribution in [2.45, 2.75) is 101 Å². The van der Waals surface area contributed by atoms with E-state index in [9.17, 15) is 50.8 Å². The Morgan fingerprint density at radius 2 is 1.42 bits per heavy atom. The molecule has 1 heterocycles. The summed E-state index contributed by atoms with van der Waals surface area (Å²) in [7, 11) is 0. The lowest BCUT2D eigenvalue weighted by Crippen LogP contribution is -2.67. The van der Waals surface area contributed by atoms with E-state index in [0.29, 0.717) is 5.57 Å². The fourth-order valence-electron chi connectivity index (χ4n) is 4.12. The van der Waals surface area contributed by atoms with Crippen molar-refractivity contribution in [1.82, 2.24) is 0 Å². The second-order valence-electron chi connectivity index (χ2n) is 9.69. The maximum Gasteiger partial charge on any atom is 0.314 e. The molecule has 13 nitrogen and oxygen atoms in total. The molecule has 1 aliphatic carbocycles. The van der Waals surface area contributed by atoms with Gasteiger partial charge in [0.15, 0.2) is 12.4 Å². The van der Waals surface area contributed by atoms with Gasteiger partial charge in [-0.15, -0.1) is 0 Å². The van der Waals surface area contributed by atoms with Crippen LogP contribution in [0, 0.1) is 5.41 Å². The quantitative estimate of drug-likeness (QED) is 0.111. The van der Waals surface area contributed by atoms with Gasteiger partial charge in [-0.2, -0.15) is 0 Å². The molecule has 0 spiro atoms. The van der Waals surface area contributed by atoms with E-state index >= 15 is 0 Å². The molecular formula is C23H38O13. The monoisotopic (exact) mass is 522 g/mol. The smallest absolute Gasteiger partial charge is 0.314 e. The zero-order chi connectivity index (χ0) is 27.5. The molecule has 0 aromatic heterocycles. The van der Waals surface area contributed by atoms with Crippen LogP contribution in [-0.2, 0) is 19.0 Å². The molecular weight excluding hydrogens is 484 g/mol. The highest BCUT2D eigenvalue weighted by Crippen LogP contribution is 2.33. The van der Waals surface area contributed by atoms with E-state index in [1.54, 1.807) is 32.1 Å². The number of carbonyl (C=O) groups is 1. The summed E-state index contributed by atoms with van der Waals surface area (Å²) in [4.78, 5) is 12.9. The highest BCUT2D eigenvalue weighted by Gasteiger charge is 2.54. The molecule has 2 unspecified atom stereocenters. The lowest BCUT2D eigenvalue weighted by atomic mass is 9.82. The molecule has 208 valence electrons. The molecule has 1 aliphatic heterocycles. The van der Waals surface area contributed by atoms with E-state index in [4.69, 9.17) is 14.2 Å². The van der Waals surface area contributed by atoms with Crippen LogP contribution in [0.1, 0.15) is 27.7 Å². The Morgan fingerprint density at radius 1 is 0.917 bits per heavy atom. The van der Waals surface area contributed by atoms with Crippen LogP contribution < -0.4 is 0 Å². The predicted molar refractivity (Wildman–Crippen MR) is 121 cm³/mol. The molecule has 0 aromatic rings. The van der Waals surface area contributed by atoms with Crippen LogP contribution in [0.2, 0.25) is 0 Å². The summed E-state index contributed by atoms with van der Waals surface area (Å²) in [5.74, 6) is -0.959. The van der Waals surface area contributed by atoms with Crippen LogP contribution in [0.4, 0.5) is 0 Å². The SMILES string of the molecule is C/C=C/C=C(\C)[C@H](O)C(C)(C)C(=O)O[C@H]1[C@@H](O)[C@@H](O)[C@@H](OC2[C@@H](O)[C@@H](O)C(O)[C@@H](O)[C@H]2O)O[C@H]1CO. The number of rotatable bonds is 8. The Kier molecular flexibility index (Phi) is 10.6. The topological polar surface area (TPSA) is 227 Å². The van der Waals surface area contributed by atoms with Crippen LogP contribution in [0.25, 0.3) is 0 Å². The Balaban J connectivity index is 2.17. The molecule has 1 saturated heterocycles. The molecule has 0 aromatic carbocycles. The van der Waals surface area contributed by atoms with Gasteiger partial charge in [-0.3, -0.25) is 4.79 Å². The van der Waals surface area contributed by atoms with E-state index in [0.717, 1.165) is 0 Å². The molecule has 13 heteroatoms. The number of aliphatic hydroxyl groups is 9. The van der Waals surface area contributed by atoms with Crippen molar-refractivity contribution >= 4 is 5.97 Å².